The third kappa shape index (κ3) is 6.17. The molecule has 13 rings (SSSR count). The lowest BCUT2D eigenvalue weighted by Crippen LogP contribution is -2.28. The van der Waals surface area contributed by atoms with Gasteiger partial charge in [-0.25, -0.2) is 0 Å². The van der Waals surface area contributed by atoms with Crippen LogP contribution in [0.4, 0.5) is 17.1 Å². The summed E-state index contributed by atoms with van der Waals surface area (Å²) in [6.07, 6.45) is 0. The molecule has 0 saturated carbocycles. The van der Waals surface area contributed by atoms with Crippen LogP contribution in [0.2, 0.25) is 0 Å². The molecule has 0 fully saturated rings. The van der Waals surface area contributed by atoms with Gasteiger partial charge in [-0.2, -0.15) is 0 Å². The molecule has 0 amide bonds. The first-order valence-corrected chi connectivity index (χ1v) is 23.6. The van der Waals surface area contributed by atoms with Crippen LogP contribution in [0, 0.1) is 0 Å². The highest BCUT2D eigenvalue weighted by molar-refractivity contribution is 6.22. The Labute approximate surface area is 397 Å². The Morgan fingerprint density at radius 1 is 0.250 bits per heavy atom. The fourth-order valence-electron chi connectivity index (χ4n) is 11.5. The zero-order chi connectivity index (χ0) is 45.0. The number of rotatable bonds is 8. The number of fused-ring (bicyclic) bond motifs is 7. The minimum Gasteiger partial charge on any atom is -0.310 e. The number of hydrogen-bond donors (Lipinski definition) is 0. The molecule has 0 saturated heterocycles. The normalized spacial score (nSPS) is 12.5. The molecular formula is C67H45N. The van der Waals surface area contributed by atoms with Crippen molar-refractivity contribution in [3.05, 3.63) is 295 Å². The van der Waals surface area contributed by atoms with Gasteiger partial charge in [0.2, 0.25) is 0 Å². The lowest BCUT2D eigenvalue weighted by Gasteiger charge is -2.35. The summed E-state index contributed by atoms with van der Waals surface area (Å²) < 4.78 is 0. The second-order valence-electron chi connectivity index (χ2n) is 17.9. The van der Waals surface area contributed by atoms with E-state index in [4.69, 9.17) is 0 Å². The van der Waals surface area contributed by atoms with Crippen LogP contribution in [0.25, 0.3) is 76.8 Å². The molecule has 0 atom stereocenters. The van der Waals surface area contributed by atoms with E-state index in [2.05, 4.69) is 278 Å². The van der Waals surface area contributed by atoms with Crippen LogP contribution in [0.3, 0.4) is 0 Å². The minimum absolute atomic E-state index is 0.553. The van der Waals surface area contributed by atoms with E-state index >= 15 is 0 Å². The summed E-state index contributed by atoms with van der Waals surface area (Å²) in [5.74, 6) is 0. The molecule has 0 bridgehead atoms. The first-order valence-electron chi connectivity index (χ1n) is 23.6. The van der Waals surface area contributed by atoms with E-state index in [9.17, 15) is 0 Å². The molecule has 68 heavy (non-hydrogen) atoms. The van der Waals surface area contributed by atoms with E-state index in [1.165, 1.54) is 99.1 Å². The van der Waals surface area contributed by atoms with Gasteiger partial charge >= 0.3 is 0 Å². The highest BCUT2D eigenvalue weighted by atomic mass is 15.1. The zero-order valence-corrected chi connectivity index (χ0v) is 37.4. The smallest absolute Gasteiger partial charge is 0.0714 e. The van der Waals surface area contributed by atoms with Gasteiger partial charge in [-0.15, -0.1) is 0 Å². The minimum atomic E-state index is -0.553. The van der Waals surface area contributed by atoms with Gasteiger partial charge in [0.25, 0.3) is 0 Å². The van der Waals surface area contributed by atoms with E-state index in [0.717, 1.165) is 17.1 Å². The van der Waals surface area contributed by atoms with Crippen molar-refractivity contribution in [2.45, 2.75) is 5.41 Å². The molecule has 0 N–H and O–H groups in total. The molecule has 12 aromatic carbocycles. The summed E-state index contributed by atoms with van der Waals surface area (Å²) in [6.45, 7) is 0. The van der Waals surface area contributed by atoms with Crippen molar-refractivity contribution >= 4 is 49.4 Å². The topological polar surface area (TPSA) is 3.24 Å². The van der Waals surface area contributed by atoms with Crippen LogP contribution in [-0.2, 0) is 5.41 Å². The fourth-order valence-corrected chi connectivity index (χ4v) is 11.5. The van der Waals surface area contributed by atoms with Gasteiger partial charge in [0, 0.05) is 16.8 Å². The standard InChI is InChI=1S/C67H45N/c1-6-22-46(23-7-1)53-42-43-64(59-35-18-16-32-54(53)59)68(52-39-41-58-57-34-20-21-37-62(57)67(63(58)45-52,49-28-12-4-13-29-49)50-30-14-5-15-31-50)51-38-40-56-55-33-17-19-36-60(55)65(47-24-8-2-9-25-47)66(61(56)44-51)48-26-10-3-11-27-48/h1-45H. The number of nitrogens with zero attached hydrogens (tertiary/aromatic N) is 1. The Morgan fingerprint density at radius 3 is 1.34 bits per heavy atom. The highest BCUT2D eigenvalue weighted by Crippen LogP contribution is 2.58. The molecule has 0 aromatic heterocycles. The Morgan fingerprint density at radius 2 is 0.691 bits per heavy atom. The van der Waals surface area contributed by atoms with E-state index in [1.807, 2.05) is 0 Å². The molecule has 0 heterocycles. The molecule has 12 aromatic rings. The molecule has 0 unspecified atom stereocenters. The molecule has 0 spiro atoms. The third-order valence-corrected chi connectivity index (χ3v) is 14.3. The molecule has 1 aliphatic carbocycles. The summed E-state index contributed by atoms with van der Waals surface area (Å²) in [5, 5.41) is 7.31. The average molecular weight is 864 g/mol. The lowest BCUT2D eigenvalue weighted by atomic mass is 9.67. The van der Waals surface area contributed by atoms with Gasteiger partial charge < -0.3 is 4.90 Å². The number of hydrogen-bond acceptors (Lipinski definition) is 1. The van der Waals surface area contributed by atoms with Crippen molar-refractivity contribution in [1.29, 1.82) is 0 Å². The van der Waals surface area contributed by atoms with E-state index < -0.39 is 5.41 Å². The van der Waals surface area contributed by atoms with Gasteiger partial charge in [-0.05, 0) is 124 Å². The molecule has 0 aliphatic heterocycles. The van der Waals surface area contributed by atoms with E-state index in [-0.39, 0.29) is 0 Å². The summed E-state index contributed by atoms with van der Waals surface area (Å²) in [4.78, 5) is 2.52. The van der Waals surface area contributed by atoms with Crippen molar-refractivity contribution < 1.29 is 0 Å². The molecule has 1 aliphatic rings. The zero-order valence-electron chi connectivity index (χ0n) is 37.4. The second-order valence-corrected chi connectivity index (χ2v) is 17.9. The van der Waals surface area contributed by atoms with Gasteiger partial charge in [0.1, 0.15) is 0 Å². The summed E-state index contributed by atoms with van der Waals surface area (Å²) >= 11 is 0. The third-order valence-electron chi connectivity index (χ3n) is 14.3. The Hall–Kier alpha value is -8.78. The monoisotopic (exact) mass is 863 g/mol. The maximum Gasteiger partial charge on any atom is 0.0714 e. The Kier molecular flexibility index (Phi) is 9.47. The molecule has 1 heteroatoms. The number of benzene rings is 12. The van der Waals surface area contributed by atoms with E-state index in [1.54, 1.807) is 0 Å². The second kappa shape index (κ2) is 16.3. The van der Waals surface area contributed by atoms with Crippen LogP contribution in [-0.4, -0.2) is 0 Å². The largest absolute Gasteiger partial charge is 0.310 e. The van der Waals surface area contributed by atoms with Gasteiger partial charge in [-0.3, -0.25) is 0 Å². The molecule has 0 radical (unpaired) electrons. The molecule has 1 nitrogen and oxygen atoms in total. The van der Waals surface area contributed by atoms with Crippen molar-refractivity contribution in [3.8, 4) is 44.5 Å². The fraction of sp³-hybridized carbons (Fsp3) is 0.0149. The maximum atomic E-state index is 2.52. The van der Waals surface area contributed by atoms with Gasteiger partial charge in [0.15, 0.2) is 0 Å². The Balaban J connectivity index is 1.14. The average Bonchev–Trinajstić information content (AvgIpc) is 3.72. The van der Waals surface area contributed by atoms with E-state index in [0.29, 0.717) is 0 Å². The number of anilines is 3. The van der Waals surface area contributed by atoms with Crippen molar-refractivity contribution in [2.24, 2.45) is 0 Å². The SMILES string of the molecule is c1ccc(-c2ccc(N(c3ccc4c(c3)C(c3ccccc3)(c3ccccc3)c3ccccc3-4)c3ccc4c(c3)c(-c3ccccc3)c(-c3ccccc3)c3ccccc34)c3ccccc23)cc1. The Bertz CT molecular complexity index is 3780. The summed E-state index contributed by atoms with van der Waals surface area (Å²) in [7, 11) is 0. The quantitative estimate of drug-likeness (QED) is 0.138. The van der Waals surface area contributed by atoms with Crippen molar-refractivity contribution in [1.82, 2.24) is 0 Å². The van der Waals surface area contributed by atoms with Crippen LogP contribution < -0.4 is 4.90 Å². The molecular weight excluding hydrogens is 819 g/mol. The highest BCUT2D eigenvalue weighted by Gasteiger charge is 2.46. The summed E-state index contributed by atoms with van der Waals surface area (Å²) in [5.41, 5.74) is 17.6. The first-order chi connectivity index (χ1) is 33.8. The van der Waals surface area contributed by atoms with Gasteiger partial charge in [-0.1, -0.05) is 243 Å². The van der Waals surface area contributed by atoms with Crippen molar-refractivity contribution in [2.75, 3.05) is 4.90 Å². The van der Waals surface area contributed by atoms with Gasteiger partial charge in [0.05, 0.1) is 11.1 Å². The van der Waals surface area contributed by atoms with Crippen molar-refractivity contribution in [3.63, 3.8) is 0 Å². The first kappa shape index (κ1) is 39.6. The predicted octanol–water partition coefficient (Wildman–Crippen LogP) is 18.0. The maximum absolute atomic E-state index is 2.52. The van der Waals surface area contributed by atoms with Crippen LogP contribution in [0.1, 0.15) is 22.3 Å². The lowest BCUT2D eigenvalue weighted by molar-refractivity contribution is 0.768. The van der Waals surface area contributed by atoms with Crippen LogP contribution >= 0.6 is 0 Å². The predicted molar refractivity (Wildman–Crippen MR) is 287 cm³/mol. The van der Waals surface area contributed by atoms with Crippen LogP contribution in [0.15, 0.2) is 273 Å². The molecule has 318 valence electrons. The summed E-state index contributed by atoms with van der Waals surface area (Å²) in [6, 6.07) is 101. The van der Waals surface area contributed by atoms with Crippen LogP contribution in [0.5, 0.6) is 0 Å².